The molecule has 2 heterocycles. The summed E-state index contributed by atoms with van der Waals surface area (Å²) < 4.78 is 7.82. The van der Waals surface area contributed by atoms with Crippen LogP contribution >= 0.6 is 11.6 Å². The summed E-state index contributed by atoms with van der Waals surface area (Å²) in [6.07, 6.45) is 2.09. The Labute approximate surface area is 142 Å². The van der Waals surface area contributed by atoms with E-state index >= 15 is 0 Å². The highest BCUT2D eigenvalue weighted by Crippen LogP contribution is 2.25. The van der Waals surface area contributed by atoms with E-state index in [2.05, 4.69) is 42.0 Å². The van der Waals surface area contributed by atoms with E-state index in [-0.39, 0.29) is 11.6 Å². The number of hydrogen-bond acceptors (Lipinski definition) is 4. The van der Waals surface area contributed by atoms with Crippen molar-refractivity contribution in [2.75, 3.05) is 19.7 Å². The largest absolute Gasteiger partial charge is 0.371 e. The lowest BCUT2D eigenvalue weighted by molar-refractivity contribution is -0.0333. The van der Waals surface area contributed by atoms with Crippen LogP contribution in [-0.4, -0.2) is 39.6 Å². The van der Waals surface area contributed by atoms with Crippen LogP contribution in [0.15, 0.2) is 30.5 Å². The summed E-state index contributed by atoms with van der Waals surface area (Å²) in [5, 5.41) is 9.28. The number of rotatable bonds is 3. The summed E-state index contributed by atoms with van der Waals surface area (Å²) in [5.41, 5.74) is 2.08. The van der Waals surface area contributed by atoms with Crippen LogP contribution in [0, 0.1) is 0 Å². The monoisotopic (exact) mass is 334 g/mol. The number of benzene rings is 1. The average Bonchev–Trinajstić information content (AvgIpc) is 2.96. The first-order valence-corrected chi connectivity index (χ1v) is 8.31. The zero-order chi connectivity index (χ0) is 16.4. The standard InChI is InChI=1S/C17H23ClN4O/c1-17(2,3)22-11-15(19-20-22)10-21-7-8-23-16(12-21)13-5-4-6-14(18)9-13/h4-6,9,11,16H,7-8,10,12H2,1-3H3. The van der Waals surface area contributed by atoms with Gasteiger partial charge in [-0.1, -0.05) is 28.9 Å². The van der Waals surface area contributed by atoms with Crippen LogP contribution in [0.4, 0.5) is 0 Å². The SMILES string of the molecule is CC(C)(C)n1cc(CN2CCOC(c3cccc(Cl)c3)C2)nn1. The summed E-state index contributed by atoms with van der Waals surface area (Å²) >= 11 is 6.09. The molecule has 0 spiro atoms. The highest BCUT2D eigenvalue weighted by atomic mass is 35.5. The molecule has 0 bridgehead atoms. The smallest absolute Gasteiger partial charge is 0.0967 e. The van der Waals surface area contributed by atoms with Gasteiger partial charge in [-0.2, -0.15) is 0 Å². The van der Waals surface area contributed by atoms with E-state index < -0.39 is 0 Å². The number of aromatic nitrogens is 3. The van der Waals surface area contributed by atoms with E-state index in [4.69, 9.17) is 16.3 Å². The molecule has 0 N–H and O–H groups in total. The third-order valence-corrected chi connectivity index (χ3v) is 4.22. The van der Waals surface area contributed by atoms with Crippen LogP contribution in [0.1, 0.15) is 38.1 Å². The first kappa shape index (κ1) is 16.4. The molecular formula is C17H23ClN4O. The fraction of sp³-hybridized carbons (Fsp3) is 0.529. The molecule has 5 nitrogen and oxygen atoms in total. The van der Waals surface area contributed by atoms with Crippen LogP contribution < -0.4 is 0 Å². The number of halogens is 1. The third-order valence-electron chi connectivity index (χ3n) is 3.98. The van der Waals surface area contributed by atoms with E-state index in [9.17, 15) is 0 Å². The van der Waals surface area contributed by atoms with Crippen molar-refractivity contribution in [3.63, 3.8) is 0 Å². The van der Waals surface area contributed by atoms with Crippen LogP contribution in [0.5, 0.6) is 0 Å². The van der Waals surface area contributed by atoms with E-state index in [1.165, 1.54) is 0 Å². The first-order chi connectivity index (χ1) is 10.9. The maximum atomic E-state index is 6.09. The molecule has 1 aliphatic rings. The third kappa shape index (κ3) is 4.10. The molecule has 1 fully saturated rings. The molecule has 124 valence electrons. The summed E-state index contributed by atoms with van der Waals surface area (Å²) in [5.74, 6) is 0. The van der Waals surface area contributed by atoms with Crippen LogP contribution in [0.25, 0.3) is 0 Å². The van der Waals surface area contributed by atoms with Gasteiger partial charge in [0.1, 0.15) is 0 Å². The second-order valence-electron chi connectivity index (χ2n) is 6.97. The fourth-order valence-electron chi connectivity index (χ4n) is 2.68. The van der Waals surface area contributed by atoms with Gasteiger partial charge in [0, 0.05) is 24.7 Å². The molecular weight excluding hydrogens is 312 g/mol. The minimum Gasteiger partial charge on any atom is -0.371 e. The Bertz CT molecular complexity index is 665. The zero-order valence-corrected chi connectivity index (χ0v) is 14.6. The van der Waals surface area contributed by atoms with Gasteiger partial charge in [0.05, 0.1) is 30.1 Å². The van der Waals surface area contributed by atoms with Crippen molar-refractivity contribution in [1.29, 1.82) is 0 Å². The highest BCUT2D eigenvalue weighted by Gasteiger charge is 2.23. The van der Waals surface area contributed by atoms with Crippen molar-refractivity contribution >= 4 is 11.6 Å². The molecule has 0 aliphatic carbocycles. The van der Waals surface area contributed by atoms with Gasteiger partial charge in [0.25, 0.3) is 0 Å². The lowest BCUT2D eigenvalue weighted by atomic mass is 10.1. The van der Waals surface area contributed by atoms with E-state index in [0.29, 0.717) is 6.61 Å². The molecule has 1 aromatic carbocycles. The Hall–Kier alpha value is -1.43. The van der Waals surface area contributed by atoms with Gasteiger partial charge in [-0.3, -0.25) is 4.90 Å². The van der Waals surface area contributed by atoms with Crippen molar-refractivity contribution in [2.24, 2.45) is 0 Å². The number of hydrogen-bond donors (Lipinski definition) is 0. The summed E-state index contributed by atoms with van der Waals surface area (Å²) in [4.78, 5) is 2.35. The van der Waals surface area contributed by atoms with E-state index in [1.807, 2.05) is 29.1 Å². The summed E-state index contributed by atoms with van der Waals surface area (Å²) in [6, 6.07) is 7.90. The molecule has 0 saturated carbocycles. The molecule has 23 heavy (non-hydrogen) atoms. The maximum Gasteiger partial charge on any atom is 0.0967 e. The van der Waals surface area contributed by atoms with Gasteiger partial charge in [-0.15, -0.1) is 5.10 Å². The van der Waals surface area contributed by atoms with E-state index in [1.54, 1.807) is 0 Å². The minimum atomic E-state index is -0.0421. The highest BCUT2D eigenvalue weighted by molar-refractivity contribution is 6.30. The van der Waals surface area contributed by atoms with Crippen molar-refractivity contribution in [2.45, 2.75) is 39.0 Å². The molecule has 0 amide bonds. The van der Waals surface area contributed by atoms with Gasteiger partial charge < -0.3 is 4.74 Å². The normalized spacial score (nSPS) is 19.9. The molecule has 6 heteroatoms. The quantitative estimate of drug-likeness (QED) is 0.864. The molecule has 1 saturated heterocycles. The van der Waals surface area contributed by atoms with E-state index in [0.717, 1.165) is 35.9 Å². The minimum absolute atomic E-state index is 0.0421. The van der Waals surface area contributed by atoms with Crippen LogP contribution in [0.2, 0.25) is 5.02 Å². The second-order valence-corrected chi connectivity index (χ2v) is 7.41. The predicted molar refractivity (Wildman–Crippen MR) is 90.4 cm³/mol. The fourth-order valence-corrected chi connectivity index (χ4v) is 2.88. The van der Waals surface area contributed by atoms with Crippen LogP contribution in [-0.2, 0) is 16.8 Å². The van der Waals surface area contributed by atoms with Gasteiger partial charge in [-0.25, -0.2) is 4.68 Å². The molecule has 1 unspecified atom stereocenters. The molecule has 0 radical (unpaired) electrons. The molecule has 1 aliphatic heterocycles. The second kappa shape index (κ2) is 6.59. The average molecular weight is 335 g/mol. The maximum absolute atomic E-state index is 6.09. The number of ether oxygens (including phenoxy) is 1. The Balaban J connectivity index is 1.66. The molecule has 1 atom stereocenters. The lowest BCUT2D eigenvalue weighted by Crippen LogP contribution is -2.37. The zero-order valence-electron chi connectivity index (χ0n) is 13.9. The molecule has 3 rings (SSSR count). The van der Waals surface area contributed by atoms with Crippen molar-refractivity contribution in [3.8, 4) is 0 Å². The van der Waals surface area contributed by atoms with Gasteiger partial charge >= 0.3 is 0 Å². The predicted octanol–water partition coefficient (Wildman–Crippen LogP) is 3.26. The Morgan fingerprint density at radius 2 is 2.17 bits per heavy atom. The van der Waals surface area contributed by atoms with Gasteiger partial charge in [0.2, 0.25) is 0 Å². The molecule has 2 aromatic rings. The van der Waals surface area contributed by atoms with Gasteiger partial charge in [0.15, 0.2) is 0 Å². The van der Waals surface area contributed by atoms with Crippen LogP contribution in [0.3, 0.4) is 0 Å². The lowest BCUT2D eigenvalue weighted by Gasteiger charge is -2.32. The topological polar surface area (TPSA) is 43.2 Å². The van der Waals surface area contributed by atoms with Crippen molar-refractivity contribution in [1.82, 2.24) is 19.9 Å². The Morgan fingerprint density at radius 3 is 2.87 bits per heavy atom. The van der Waals surface area contributed by atoms with Crippen molar-refractivity contribution < 1.29 is 4.74 Å². The summed E-state index contributed by atoms with van der Waals surface area (Å²) in [7, 11) is 0. The van der Waals surface area contributed by atoms with Crippen molar-refractivity contribution in [3.05, 3.63) is 46.7 Å². The Morgan fingerprint density at radius 1 is 1.35 bits per heavy atom. The Kier molecular flexibility index (Phi) is 4.71. The first-order valence-electron chi connectivity index (χ1n) is 7.93. The van der Waals surface area contributed by atoms with Gasteiger partial charge in [-0.05, 0) is 38.5 Å². The number of nitrogens with zero attached hydrogens (tertiary/aromatic N) is 4. The molecule has 1 aromatic heterocycles. The summed E-state index contributed by atoms with van der Waals surface area (Å²) in [6.45, 7) is 9.60. The number of morpholine rings is 1.